The molecule has 7 aromatic carbocycles. The third-order valence-electron chi connectivity index (χ3n) is 9.17. The smallest absolute Gasteiger partial charge is 0.228 e. The fourth-order valence-electron chi connectivity index (χ4n) is 6.69. The lowest BCUT2D eigenvalue weighted by Gasteiger charge is -2.10. The largest absolute Gasteiger partial charge is 0.452 e. The number of nitrogens with zero attached hydrogens (tertiary/aromatic N) is 4. The zero-order valence-electron chi connectivity index (χ0n) is 26.6. The van der Waals surface area contributed by atoms with Crippen molar-refractivity contribution in [3.63, 3.8) is 0 Å². The average Bonchev–Trinajstić information content (AvgIpc) is 3.80. The van der Waals surface area contributed by atoms with Crippen LogP contribution < -0.4 is 0 Å². The van der Waals surface area contributed by atoms with E-state index in [0.717, 1.165) is 66.0 Å². The molecule has 0 aliphatic rings. The quantitative estimate of drug-likeness (QED) is 0.186. The normalized spacial score (nSPS) is 11.6. The van der Waals surface area contributed by atoms with Gasteiger partial charge in [0, 0.05) is 33.0 Å². The van der Waals surface area contributed by atoms with E-state index in [1.807, 2.05) is 91.0 Å². The molecule has 0 aliphatic heterocycles. The van der Waals surface area contributed by atoms with Crippen molar-refractivity contribution < 1.29 is 8.83 Å². The predicted molar refractivity (Wildman–Crippen MR) is 199 cm³/mol. The number of hydrogen-bond donors (Lipinski definition) is 0. The molecule has 0 fully saturated rings. The lowest BCUT2D eigenvalue weighted by atomic mass is 9.96. The third kappa shape index (κ3) is 4.73. The Morgan fingerprint density at radius 3 is 1.64 bits per heavy atom. The van der Waals surface area contributed by atoms with Gasteiger partial charge in [0.2, 0.25) is 5.89 Å². The van der Waals surface area contributed by atoms with Gasteiger partial charge in [-0.05, 0) is 52.2 Å². The van der Waals surface area contributed by atoms with Crippen molar-refractivity contribution >= 4 is 43.8 Å². The second-order valence-electron chi connectivity index (χ2n) is 12.3. The Morgan fingerprint density at radius 2 is 0.940 bits per heavy atom. The van der Waals surface area contributed by atoms with E-state index in [-0.39, 0.29) is 0 Å². The molecule has 10 aromatic rings. The van der Waals surface area contributed by atoms with E-state index in [4.69, 9.17) is 28.8 Å². The van der Waals surface area contributed by atoms with Crippen molar-refractivity contribution in [3.8, 4) is 56.7 Å². The maximum absolute atomic E-state index is 6.54. The van der Waals surface area contributed by atoms with Gasteiger partial charge in [-0.25, -0.2) is 19.9 Å². The maximum Gasteiger partial charge on any atom is 0.228 e. The Bertz CT molecular complexity index is 2800. The fraction of sp³-hybridized carbons (Fsp3) is 0. The minimum atomic E-state index is 0.551. The number of benzene rings is 7. The van der Waals surface area contributed by atoms with E-state index in [2.05, 4.69) is 66.7 Å². The molecule has 0 radical (unpaired) electrons. The predicted octanol–water partition coefficient (Wildman–Crippen LogP) is 11.4. The van der Waals surface area contributed by atoms with E-state index in [1.54, 1.807) is 0 Å². The zero-order chi connectivity index (χ0) is 33.0. The summed E-state index contributed by atoms with van der Waals surface area (Å²) in [4.78, 5) is 19.6. The van der Waals surface area contributed by atoms with Gasteiger partial charge >= 0.3 is 0 Å². The van der Waals surface area contributed by atoms with Crippen LogP contribution in [0.2, 0.25) is 0 Å². The van der Waals surface area contributed by atoms with Crippen molar-refractivity contribution in [2.75, 3.05) is 0 Å². The van der Waals surface area contributed by atoms with E-state index in [0.29, 0.717) is 34.5 Å². The van der Waals surface area contributed by atoms with E-state index < -0.39 is 0 Å². The van der Waals surface area contributed by atoms with Crippen LogP contribution in [0.3, 0.4) is 0 Å². The molecule has 10 rings (SSSR count). The molecule has 0 spiro atoms. The molecule has 50 heavy (non-hydrogen) atoms. The molecule has 0 aliphatic carbocycles. The Balaban J connectivity index is 1.07. The highest BCUT2D eigenvalue weighted by Gasteiger charge is 2.19. The molecule has 6 nitrogen and oxygen atoms in total. The maximum atomic E-state index is 6.54. The van der Waals surface area contributed by atoms with Gasteiger partial charge in [0.25, 0.3) is 0 Å². The molecule has 0 N–H and O–H groups in total. The van der Waals surface area contributed by atoms with E-state index in [1.165, 1.54) is 0 Å². The number of furan rings is 1. The second kappa shape index (κ2) is 11.4. The molecule has 3 aromatic heterocycles. The summed E-state index contributed by atoms with van der Waals surface area (Å²) < 4.78 is 12.8. The number of rotatable bonds is 5. The molecule has 0 saturated heterocycles. The highest BCUT2D eigenvalue weighted by Crippen LogP contribution is 2.39. The number of fused-ring (bicyclic) bond motifs is 6. The van der Waals surface area contributed by atoms with Crippen LogP contribution in [0.1, 0.15) is 0 Å². The fourth-order valence-corrected chi connectivity index (χ4v) is 6.69. The minimum Gasteiger partial charge on any atom is -0.452 e. The topological polar surface area (TPSA) is 77.8 Å². The van der Waals surface area contributed by atoms with Gasteiger partial charge in [-0.2, -0.15) is 0 Å². The first-order valence-corrected chi connectivity index (χ1v) is 16.5. The second-order valence-corrected chi connectivity index (χ2v) is 12.3. The van der Waals surface area contributed by atoms with Gasteiger partial charge in [0.05, 0.1) is 0 Å². The van der Waals surface area contributed by atoms with Crippen LogP contribution in [-0.4, -0.2) is 19.9 Å². The van der Waals surface area contributed by atoms with Crippen LogP contribution in [0, 0.1) is 0 Å². The summed E-state index contributed by atoms with van der Waals surface area (Å²) >= 11 is 0. The lowest BCUT2D eigenvalue weighted by molar-refractivity contribution is 0.604. The Morgan fingerprint density at radius 1 is 0.360 bits per heavy atom. The van der Waals surface area contributed by atoms with Crippen molar-refractivity contribution in [2.24, 2.45) is 0 Å². The van der Waals surface area contributed by atoms with Gasteiger partial charge in [0.15, 0.2) is 28.6 Å². The molecular weight excluding hydrogens is 617 g/mol. The number of para-hydroxylation sites is 1. The molecule has 6 heteroatoms. The zero-order valence-corrected chi connectivity index (χ0v) is 26.6. The summed E-state index contributed by atoms with van der Waals surface area (Å²) in [6.07, 6.45) is 0. The Labute approximate surface area is 286 Å². The van der Waals surface area contributed by atoms with Crippen LogP contribution in [0.5, 0.6) is 0 Å². The van der Waals surface area contributed by atoms with Crippen molar-refractivity contribution in [3.05, 3.63) is 158 Å². The van der Waals surface area contributed by atoms with Crippen LogP contribution in [-0.2, 0) is 0 Å². The number of oxazole rings is 1. The summed E-state index contributed by atoms with van der Waals surface area (Å²) in [7, 11) is 0. The average molecular weight is 643 g/mol. The van der Waals surface area contributed by atoms with Gasteiger partial charge in [-0.15, -0.1) is 0 Å². The van der Waals surface area contributed by atoms with Crippen LogP contribution >= 0.6 is 0 Å². The van der Waals surface area contributed by atoms with Crippen LogP contribution in [0.15, 0.2) is 167 Å². The first-order chi connectivity index (χ1) is 24.7. The third-order valence-corrected chi connectivity index (χ3v) is 9.17. The van der Waals surface area contributed by atoms with Gasteiger partial charge in [-0.1, -0.05) is 127 Å². The highest BCUT2D eigenvalue weighted by atomic mass is 16.4. The standard InChI is InChI=1S/C44H26N4O2/c1-3-11-28(12-4-1)41-46-42(29-13-5-2-6-14-29)48-43(47-41)30-21-19-27(20-22-30)32-25-31-15-7-8-16-33(31)36(26-32)44-45-37-24-23-35-34-17-9-10-18-38(34)49-39(35)40(37)50-44/h1-26H. The molecule has 0 saturated carbocycles. The summed E-state index contributed by atoms with van der Waals surface area (Å²) in [5.74, 6) is 2.44. The molecule has 3 heterocycles. The minimum absolute atomic E-state index is 0.551. The van der Waals surface area contributed by atoms with Gasteiger partial charge in [-0.3, -0.25) is 0 Å². The lowest BCUT2D eigenvalue weighted by Crippen LogP contribution is -2.00. The van der Waals surface area contributed by atoms with Crippen molar-refractivity contribution in [2.45, 2.75) is 0 Å². The van der Waals surface area contributed by atoms with Crippen molar-refractivity contribution in [1.82, 2.24) is 19.9 Å². The summed E-state index contributed by atoms with van der Waals surface area (Å²) in [6.45, 7) is 0. The molecule has 0 bridgehead atoms. The molecular formula is C44H26N4O2. The molecule has 234 valence electrons. The summed E-state index contributed by atoms with van der Waals surface area (Å²) in [5.41, 5.74) is 8.74. The molecule has 0 atom stereocenters. The number of aromatic nitrogens is 4. The molecule has 0 amide bonds. The SMILES string of the molecule is c1ccc(-c2nc(-c3ccccc3)nc(-c3ccc(-c4cc(-c5nc6ccc7c8ccccc8oc7c6o5)c5ccccc5c4)cc3)n2)cc1. The van der Waals surface area contributed by atoms with Gasteiger partial charge in [0.1, 0.15) is 11.1 Å². The van der Waals surface area contributed by atoms with Gasteiger partial charge < -0.3 is 8.83 Å². The summed E-state index contributed by atoms with van der Waals surface area (Å²) in [6, 6.07) is 53.2. The Kier molecular flexibility index (Phi) is 6.39. The number of hydrogen-bond acceptors (Lipinski definition) is 6. The van der Waals surface area contributed by atoms with E-state index in [9.17, 15) is 0 Å². The monoisotopic (exact) mass is 642 g/mol. The highest BCUT2D eigenvalue weighted by molar-refractivity contribution is 6.13. The van der Waals surface area contributed by atoms with E-state index >= 15 is 0 Å². The first kappa shape index (κ1) is 28.1. The molecule has 0 unspecified atom stereocenters. The van der Waals surface area contributed by atoms with Crippen LogP contribution in [0.25, 0.3) is 101 Å². The van der Waals surface area contributed by atoms with Crippen molar-refractivity contribution in [1.29, 1.82) is 0 Å². The Hall–Kier alpha value is -6.92. The first-order valence-electron chi connectivity index (χ1n) is 16.5. The van der Waals surface area contributed by atoms with Crippen LogP contribution in [0.4, 0.5) is 0 Å². The summed E-state index contributed by atoms with van der Waals surface area (Å²) in [5, 5.41) is 4.23.